The van der Waals surface area contributed by atoms with Crippen LogP contribution in [-0.2, 0) is 13.6 Å². The van der Waals surface area contributed by atoms with E-state index in [1.807, 2.05) is 0 Å². The third kappa shape index (κ3) is 14.3. The minimum Gasteiger partial charge on any atom is -0.507 e. The SMILES string of the molecule is CCCCCCCCCCCCCCCCP(=O)(OC(=O)c1ccc(N=Cc2ccccc2O)cc1O)OC(=O)c1ccc(N=Cc2ccccc2O)cc1O. The smallest absolute Gasteiger partial charge is 0.435 e. The number of benzene rings is 4. The quantitative estimate of drug-likeness (QED) is 0.0324. The van der Waals surface area contributed by atoms with E-state index in [1.165, 1.54) is 112 Å². The Kier molecular flexibility index (Phi) is 17.7. The van der Waals surface area contributed by atoms with Crippen LogP contribution in [0.3, 0.4) is 0 Å². The number of phenolic OH excluding ortho intramolecular Hbond substituents is 4. The van der Waals surface area contributed by atoms with Crippen LogP contribution in [0, 0.1) is 0 Å². The summed E-state index contributed by atoms with van der Waals surface area (Å²) in [5.41, 5.74) is 0.785. The zero-order valence-corrected chi connectivity index (χ0v) is 32.9. The van der Waals surface area contributed by atoms with Crippen LogP contribution in [0.15, 0.2) is 94.9 Å². The zero-order valence-electron chi connectivity index (χ0n) is 32.0. The minimum absolute atomic E-state index is 0.0201. The van der Waals surface area contributed by atoms with Gasteiger partial charge in [0.25, 0.3) is 0 Å². The predicted molar refractivity (Wildman–Crippen MR) is 221 cm³/mol. The van der Waals surface area contributed by atoms with Gasteiger partial charge in [0.2, 0.25) is 0 Å². The van der Waals surface area contributed by atoms with Crippen molar-refractivity contribution >= 4 is 43.3 Å². The van der Waals surface area contributed by atoms with Crippen LogP contribution >= 0.6 is 7.60 Å². The van der Waals surface area contributed by atoms with Crippen molar-refractivity contribution in [2.75, 3.05) is 6.16 Å². The van der Waals surface area contributed by atoms with Crippen LogP contribution in [0.2, 0.25) is 0 Å². The number of nitrogens with zero attached hydrogens (tertiary/aromatic N) is 2. The molecule has 4 aromatic rings. The Bertz CT molecular complexity index is 1870. The summed E-state index contributed by atoms with van der Waals surface area (Å²) in [6.07, 6.45) is 17.9. The van der Waals surface area contributed by atoms with Gasteiger partial charge in [0.1, 0.15) is 34.1 Å². The average Bonchev–Trinajstić information content (AvgIpc) is 3.17. The fraction of sp³-hybridized carbons (Fsp3) is 0.364. The van der Waals surface area contributed by atoms with E-state index in [0.717, 1.165) is 25.7 Å². The fourth-order valence-corrected chi connectivity index (χ4v) is 7.52. The van der Waals surface area contributed by atoms with Crippen molar-refractivity contribution < 1.29 is 43.6 Å². The lowest BCUT2D eigenvalue weighted by Gasteiger charge is -2.19. The number of carbonyl (C=O) groups is 2. The maximum absolute atomic E-state index is 14.1. The number of aromatic hydroxyl groups is 4. The molecule has 0 fully saturated rings. The topological polar surface area (TPSA) is 175 Å². The molecule has 0 saturated carbocycles. The first-order valence-corrected chi connectivity index (χ1v) is 21.2. The first-order chi connectivity index (χ1) is 27.1. The highest BCUT2D eigenvalue weighted by atomic mass is 31.2. The summed E-state index contributed by atoms with van der Waals surface area (Å²) in [4.78, 5) is 35.1. The molecule has 0 aliphatic carbocycles. The molecule has 0 aromatic heterocycles. The standard InChI is InChI=1S/C44H53N2O9P/c1-2-3-4-5-6-7-8-9-10-11-12-13-14-19-28-56(53,54-43(51)37-26-24-35(29-41(37)49)45-31-33-20-15-17-22-39(33)47)55-44(52)38-27-25-36(30-42(38)50)46-32-34-21-16-18-23-40(34)48/h15-18,20-27,29-32,47-50H,2-14,19,28H2,1H3. The molecule has 0 amide bonds. The van der Waals surface area contributed by atoms with Crippen molar-refractivity contribution in [3.8, 4) is 23.0 Å². The lowest BCUT2D eigenvalue weighted by atomic mass is 10.0. The van der Waals surface area contributed by atoms with Gasteiger partial charge in [0.15, 0.2) is 0 Å². The third-order valence-electron chi connectivity index (χ3n) is 9.21. The van der Waals surface area contributed by atoms with E-state index in [9.17, 15) is 34.6 Å². The maximum Gasteiger partial charge on any atom is 0.435 e. The van der Waals surface area contributed by atoms with Gasteiger partial charge >= 0.3 is 19.5 Å². The lowest BCUT2D eigenvalue weighted by molar-refractivity contribution is 0.0627. The highest BCUT2D eigenvalue weighted by molar-refractivity contribution is 7.55. The summed E-state index contributed by atoms with van der Waals surface area (Å²) >= 11 is 0. The van der Waals surface area contributed by atoms with Crippen molar-refractivity contribution in [1.82, 2.24) is 0 Å². The molecule has 0 aliphatic rings. The van der Waals surface area contributed by atoms with Gasteiger partial charge in [-0.25, -0.2) is 14.2 Å². The molecular formula is C44H53N2O9P. The van der Waals surface area contributed by atoms with Gasteiger partial charge in [0, 0.05) is 35.7 Å². The van der Waals surface area contributed by atoms with E-state index in [1.54, 1.807) is 36.4 Å². The van der Waals surface area contributed by atoms with Crippen LogP contribution < -0.4 is 0 Å². The predicted octanol–water partition coefficient (Wildman–Crippen LogP) is 11.7. The largest absolute Gasteiger partial charge is 0.507 e. The van der Waals surface area contributed by atoms with Crippen LogP contribution in [0.25, 0.3) is 0 Å². The molecule has 4 aromatic carbocycles. The van der Waals surface area contributed by atoms with Crippen molar-refractivity contribution in [2.45, 2.75) is 96.8 Å². The molecule has 12 heteroatoms. The van der Waals surface area contributed by atoms with E-state index in [4.69, 9.17) is 9.05 Å². The summed E-state index contributed by atoms with van der Waals surface area (Å²) in [6, 6.07) is 20.9. The highest BCUT2D eigenvalue weighted by Crippen LogP contribution is 2.51. The summed E-state index contributed by atoms with van der Waals surface area (Å²) in [6.45, 7) is 2.22. The minimum atomic E-state index is -4.46. The van der Waals surface area contributed by atoms with E-state index in [2.05, 4.69) is 16.9 Å². The lowest BCUT2D eigenvalue weighted by Crippen LogP contribution is -2.12. The van der Waals surface area contributed by atoms with Crippen LogP contribution in [0.1, 0.15) is 129 Å². The maximum atomic E-state index is 14.1. The molecule has 0 aliphatic heterocycles. The second-order valence-corrected chi connectivity index (χ2v) is 15.8. The fourth-order valence-electron chi connectivity index (χ4n) is 5.99. The Hall–Kier alpha value is -5.41. The van der Waals surface area contributed by atoms with Crippen LogP contribution in [0.4, 0.5) is 11.4 Å². The van der Waals surface area contributed by atoms with Crippen molar-refractivity contribution in [3.63, 3.8) is 0 Å². The highest BCUT2D eigenvalue weighted by Gasteiger charge is 2.35. The number of hydrogen-bond acceptors (Lipinski definition) is 11. The number of unbranched alkanes of at least 4 members (excludes halogenated alkanes) is 13. The number of rotatable bonds is 23. The molecule has 0 spiro atoms. The molecule has 0 bridgehead atoms. The molecule has 0 atom stereocenters. The van der Waals surface area contributed by atoms with Gasteiger partial charge in [-0.3, -0.25) is 9.98 Å². The molecule has 0 saturated heterocycles. The summed E-state index contributed by atoms with van der Waals surface area (Å²) in [5, 5.41) is 41.4. The Labute approximate surface area is 329 Å². The van der Waals surface area contributed by atoms with E-state index in [0.29, 0.717) is 24.0 Å². The van der Waals surface area contributed by atoms with Crippen molar-refractivity contribution in [3.05, 3.63) is 107 Å². The molecule has 4 N–H and O–H groups in total. The molecule has 11 nitrogen and oxygen atoms in total. The second kappa shape index (κ2) is 22.8. The number of para-hydroxylation sites is 2. The van der Waals surface area contributed by atoms with Gasteiger partial charge in [-0.15, -0.1) is 0 Å². The number of hydrogen-bond donors (Lipinski definition) is 4. The second-order valence-electron chi connectivity index (χ2n) is 13.7. The number of carbonyl (C=O) groups excluding carboxylic acids is 2. The van der Waals surface area contributed by atoms with E-state index >= 15 is 0 Å². The molecule has 0 unspecified atom stereocenters. The molecule has 4 rings (SSSR count). The van der Waals surface area contributed by atoms with E-state index < -0.39 is 31.0 Å². The Morgan fingerprint density at radius 3 is 1.29 bits per heavy atom. The summed E-state index contributed by atoms with van der Waals surface area (Å²) in [7, 11) is -4.46. The third-order valence-corrected chi connectivity index (χ3v) is 11.0. The van der Waals surface area contributed by atoms with Gasteiger partial charge < -0.3 is 29.5 Å². The Balaban J connectivity index is 1.38. The van der Waals surface area contributed by atoms with Gasteiger partial charge in [0.05, 0.1) is 17.5 Å². The van der Waals surface area contributed by atoms with E-state index in [-0.39, 0.29) is 40.2 Å². The number of phenols is 4. The molecule has 0 radical (unpaired) electrons. The monoisotopic (exact) mass is 784 g/mol. The van der Waals surface area contributed by atoms with Crippen molar-refractivity contribution in [2.24, 2.45) is 9.98 Å². The van der Waals surface area contributed by atoms with Crippen LogP contribution in [0.5, 0.6) is 23.0 Å². The normalized spacial score (nSPS) is 12.5. The van der Waals surface area contributed by atoms with Crippen LogP contribution in [-0.4, -0.2) is 51.0 Å². The Morgan fingerprint density at radius 1 is 0.536 bits per heavy atom. The molecule has 56 heavy (non-hydrogen) atoms. The molecule has 298 valence electrons. The zero-order chi connectivity index (χ0) is 40.2. The summed E-state index contributed by atoms with van der Waals surface area (Å²) in [5.74, 6) is -3.31. The average molecular weight is 785 g/mol. The molecule has 0 heterocycles. The first-order valence-electron chi connectivity index (χ1n) is 19.5. The Morgan fingerprint density at radius 2 is 0.911 bits per heavy atom. The number of aliphatic imine (C=N–C) groups is 2. The first kappa shape index (κ1) is 43.3. The molecular weight excluding hydrogens is 731 g/mol. The van der Waals surface area contributed by atoms with Gasteiger partial charge in [-0.1, -0.05) is 115 Å². The van der Waals surface area contributed by atoms with Crippen molar-refractivity contribution in [1.29, 1.82) is 0 Å². The van der Waals surface area contributed by atoms with Gasteiger partial charge in [-0.05, 0) is 55.0 Å². The summed E-state index contributed by atoms with van der Waals surface area (Å²) < 4.78 is 24.8. The van der Waals surface area contributed by atoms with Gasteiger partial charge in [-0.2, -0.15) is 0 Å².